The molecule has 5 rings (SSSR count). The van der Waals surface area contributed by atoms with Crippen LogP contribution in [0.4, 0.5) is 15.9 Å². The summed E-state index contributed by atoms with van der Waals surface area (Å²) in [6.07, 6.45) is 3.07. The number of carbonyl (C=O) groups excluding carboxylic acids is 1. The Labute approximate surface area is 237 Å². The minimum Gasteiger partial charge on any atom is -0.456 e. The minimum absolute atomic E-state index is 0.00263. The quantitative estimate of drug-likeness (QED) is 0.244. The molecule has 0 spiro atoms. The Morgan fingerprint density at radius 2 is 1.90 bits per heavy atom. The van der Waals surface area contributed by atoms with Gasteiger partial charge < -0.3 is 15.4 Å². The van der Waals surface area contributed by atoms with Gasteiger partial charge in [0.2, 0.25) is 0 Å². The van der Waals surface area contributed by atoms with E-state index in [-0.39, 0.29) is 40.2 Å². The summed E-state index contributed by atoms with van der Waals surface area (Å²) in [5.41, 5.74) is 0.149. The van der Waals surface area contributed by atoms with Crippen LogP contribution in [0, 0.1) is 16.3 Å². The molecule has 39 heavy (non-hydrogen) atoms. The molecule has 204 valence electrons. The van der Waals surface area contributed by atoms with Crippen LogP contribution in [0.3, 0.4) is 0 Å². The van der Waals surface area contributed by atoms with Gasteiger partial charge in [-0.05, 0) is 78.8 Å². The summed E-state index contributed by atoms with van der Waals surface area (Å²) in [4.78, 5) is 26.8. The highest BCUT2D eigenvalue weighted by Crippen LogP contribution is 2.36. The fraction of sp³-hybridized carbons (Fsp3) is 0.231. The number of hydrogen-bond acceptors (Lipinski definition) is 6. The summed E-state index contributed by atoms with van der Waals surface area (Å²) >= 11 is 1.99. The summed E-state index contributed by atoms with van der Waals surface area (Å²) in [6, 6.07) is 11.0. The van der Waals surface area contributed by atoms with Crippen LogP contribution in [0.2, 0.25) is 0 Å². The largest absolute Gasteiger partial charge is 0.456 e. The number of rotatable bonds is 8. The predicted octanol–water partition coefficient (Wildman–Crippen LogP) is 4.13. The van der Waals surface area contributed by atoms with Gasteiger partial charge in [-0.2, -0.15) is 8.42 Å². The number of amides is 1. The zero-order valence-electron chi connectivity index (χ0n) is 21.2. The van der Waals surface area contributed by atoms with E-state index < -0.39 is 27.5 Å². The lowest BCUT2D eigenvalue weighted by Crippen LogP contribution is -2.31. The molecule has 1 amide bonds. The van der Waals surface area contributed by atoms with Gasteiger partial charge in [0.15, 0.2) is 5.75 Å². The second kappa shape index (κ2) is 10.3. The molecular weight excluding hydrogens is 640 g/mol. The average Bonchev–Trinajstić information content (AvgIpc) is 3.61. The molecule has 2 aromatic heterocycles. The molecule has 0 atom stereocenters. The summed E-state index contributed by atoms with van der Waals surface area (Å²) in [5.74, 6) is -0.790. The highest BCUT2D eigenvalue weighted by Gasteiger charge is 2.31. The third-order valence-corrected chi connectivity index (χ3v) is 8.48. The zero-order valence-corrected chi connectivity index (χ0v) is 24.2. The molecule has 13 heteroatoms. The summed E-state index contributed by atoms with van der Waals surface area (Å²) in [6.45, 7) is 1.54. The van der Waals surface area contributed by atoms with Gasteiger partial charge in [-0.3, -0.25) is 14.2 Å². The van der Waals surface area contributed by atoms with Crippen LogP contribution in [0.5, 0.6) is 11.5 Å². The molecule has 1 saturated carbocycles. The molecule has 10 nitrogen and oxygen atoms in total. The van der Waals surface area contributed by atoms with Crippen molar-refractivity contribution in [1.29, 1.82) is 0 Å². The molecule has 0 aliphatic heterocycles. The normalized spacial score (nSPS) is 13.5. The Morgan fingerprint density at radius 3 is 2.56 bits per heavy atom. The molecular formula is C26H25FIN5O5S. The smallest absolute Gasteiger partial charge is 0.305 e. The zero-order chi connectivity index (χ0) is 28.1. The van der Waals surface area contributed by atoms with E-state index >= 15 is 0 Å². The number of aromatic nitrogens is 2. The molecule has 0 saturated heterocycles. The SMILES string of the molecule is CNS(=O)(=O)n1ccc2ccc(Oc3c(C(=O)NC4CC4)c(Nc4ccc(I)cc4F)n(C)c(=O)c3C)cc21. The molecule has 2 heterocycles. The number of nitrogens with one attached hydrogen (secondary N) is 3. The lowest BCUT2D eigenvalue weighted by atomic mass is 10.1. The number of pyridine rings is 1. The molecule has 1 aliphatic carbocycles. The van der Waals surface area contributed by atoms with E-state index in [0.29, 0.717) is 14.5 Å². The second-order valence-corrected chi connectivity index (χ2v) is 12.2. The first kappa shape index (κ1) is 27.1. The Balaban J connectivity index is 1.67. The maximum absolute atomic E-state index is 14.8. The third kappa shape index (κ3) is 5.25. The van der Waals surface area contributed by atoms with Crippen LogP contribution in [-0.4, -0.2) is 36.0 Å². The number of anilines is 2. The third-order valence-electron chi connectivity index (χ3n) is 6.45. The van der Waals surface area contributed by atoms with Crippen molar-refractivity contribution >= 4 is 61.1 Å². The Kier molecular flexibility index (Phi) is 7.15. The molecule has 0 unspecified atom stereocenters. The fourth-order valence-corrected chi connectivity index (χ4v) is 5.46. The number of nitrogens with zero attached hydrogens (tertiary/aromatic N) is 2. The maximum Gasteiger partial charge on any atom is 0.305 e. The van der Waals surface area contributed by atoms with Crippen molar-refractivity contribution in [2.24, 2.45) is 7.05 Å². The number of benzene rings is 2. The molecule has 2 aromatic carbocycles. The number of halogens is 2. The van der Waals surface area contributed by atoms with Crippen LogP contribution in [0.25, 0.3) is 10.9 Å². The number of hydrogen-bond donors (Lipinski definition) is 3. The van der Waals surface area contributed by atoms with E-state index in [2.05, 4.69) is 15.4 Å². The molecule has 0 bridgehead atoms. The highest BCUT2D eigenvalue weighted by molar-refractivity contribution is 14.1. The predicted molar refractivity (Wildman–Crippen MR) is 155 cm³/mol. The lowest BCUT2D eigenvalue weighted by Gasteiger charge is -2.21. The van der Waals surface area contributed by atoms with Gasteiger partial charge in [0.1, 0.15) is 22.9 Å². The van der Waals surface area contributed by atoms with E-state index in [0.717, 1.165) is 16.8 Å². The van der Waals surface area contributed by atoms with Crippen LogP contribution in [-0.2, 0) is 17.3 Å². The Bertz CT molecular complexity index is 1800. The first-order chi connectivity index (χ1) is 18.5. The summed E-state index contributed by atoms with van der Waals surface area (Å²) in [7, 11) is -1.03. The van der Waals surface area contributed by atoms with Crippen molar-refractivity contribution in [1.82, 2.24) is 18.6 Å². The van der Waals surface area contributed by atoms with Crippen LogP contribution in [0.1, 0.15) is 28.8 Å². The van der Waals surface area contributed by atoms with Crippen molar-refractivity contribution < 1.29 is 22.3 Å². The van der Waals surface area contributed by atoms with Crippen LogP contribution >= 0.6 is 22.6 Å². The van der Waals surface area contributed by atoms with Gasteiger partial charge in [-0.15, -0.1) is 0 Å². The van der Waals surface area contributed by atoms with E-state index in [1.807, 2.05) is 22.6 Å². The van der Waals surface area contributed by atoms with Gasteiger partial charge in [-0.25, -0.2) is 13.1 Å². The van der Waals surface area contributed by atoms with E-state index in [1.165, 1.54) is 50.0 Å². The van der Waals surface area contributed by atoms with Crippen molar-refractivity contribution in [2.45, 2.75) is 25.8 Å². The van der Waals surface area contributed by atoms with Crippen molar-refractivity contribution in [3.63, 3.8) is 0 Å². The first-order valence-electron chi connectivity index (χ1n) is 12.0. The van der Waals surface area contributed by atoms with Gasteiger partial charge in [-0.1, -0.05) is 0 Å². The summed E-state index contributed by atoms with van der Waals surface area (Å²) in [5, 5.41) is 6.48. The summed E-state index contributed by atoms with van der Waals surface area (Å²) < 4.78 is 51.2. The molecule has 4 aromatic rings. The number of ether oxygens (including phenoxy) is 1. The molecule has 3 N–H and O–H groups in total. The van der Waals surface area contributed by atoms with Gasteiger partial charge in [0, 0.05) is 41.4 Å². The fourth-order valence-electron chi connectivity index (χ4n) is 4.17. The van der Waals surface area contributed by atoms with Gasteiger partial charge >= 0.3 is 10.2 Å². The number of fused-ring (bicyclic) bond motifs is 1. The molecule has 0 radical (unpaired) electrons. The van der Waals surface area contributed by atoms with Crippen molar-refractivity contribution in [3.05, 3.63) is 79.5 Å². The van der Waals surface area contributed by atoms with Crippen LogP contribution in [0.15, 0.2) is 53.5 Å². The number of carbonyl (C=O) groups is 1. The monoisotopic (exact) mass is 665 g/mol. The van der Waals surface area contributed by atoms with E-state index in [1.54, 1.807) is 24.3 Å². The lowest BCUT2D eigenvalue weighted by molar-refractivity contribution is 0.0948. The Hall–Kier alpha value is -3.43. The molecule has 1 aliphatic rings. The second-order valence-electron chi connectivity index (χ2n) is 9.18. The van der Waals surface area contributed by atoms with E-state index in [9.17, 15) is 22.4 Å². The van der Waals surface area contributed by atoms with Gasteiger partial charge in [0.25, 0.3) is 11.5 Å². The van der Waals surface area contributed by atoms with E-state index in [4.69, 9.17) is 4.74 Å². The van der Waals surface area contributed by atoms with Crippen molar-refractivity contribution in [3.8, 4) is 11.5 Å². The standard InChI is InChI=1S/C26H25FIN5O5S/c1-14-23(38-18-8-4-15-10-11-33(21(15)13-18)39(36,37)29-2)22(25(34)30-17-6-7-17)24(32(3)26(14)35)31-20-9-5-16(28)12-19(20)27/h4-5,8-13,17,29,31H,6-7H2,1-3H3,(H,30,34). The van der Waals surface area contributed by atoms with Crippen LogP contribution < -0.4 is 25.7 Å². The van der Waals surface area contributed by atoms with Gasteiger partial charge in [0.05, 0.1) is 16.8 Å². The first-order valence-corrected chi connectivity index (χ1v) is 14.5. The minimum atomic E-state index is -3.82. The maximum atomic E-state index is 14.8. The average molecular weight is 665 g/mol. The molecule has 1 fully saturated rings. The van der Waals surface area contributed by atoms with Crippen molar-refractivity contribution in [2.75, 3.05) is 12.4 Å². The topological polar surface area (TPSA) is 123 Å². The Morgan fingerprint density at radius 1 is 1.15 bits per heavy atom. The highest BCUT2D eigenvalue weighted by atomic mass is 127.